The van der Waals surface area contributed by atoms with Crippen LogP contribution in [0.4, 0.5) is 5.69 Å². The number of carbonyl (C=O) groups excluding carboxylic acids is 2. The third-order valence-corrected chi connectivity index (χ3v) is 5.28. The molecule has 2 amide bonds. The van der Waals surface area contributed by atoms with Crippen molar-refractivity contribution in [3.8, 4) is 5.75 Å². The van der Waals surface area contributed by atoms with Crippen molar-refractivity contribution in [1.29, 1.82) is 0 Å². The highest BCUT2D eigenvalue weighted by Crippen LogP contribution is 2.27. The Morgan fingerprint density at radius 1 is 1.18 bits per heavy atom. The predicted octanol–water partition coefficient (Wildman–Crippen LogP) is 3.53. The summed E-state index contributed by atoms with van der Waals surface area (Å²) >= 11 is 0. The van der Waals surface area contributed by atoms with E-state index in [4.69, 9.17) is 4.74 Å². The molecule has 28 heavy (non-hydrogen) atoms. The molecule has 0 aromatic heterocycles. The highest BCUT2D eigenvalue weighted by atomic mass is 16.5. The number of hydrogen-bond acceptors (Lipinski definition) is 3. The van der Waals surface area contributed by atoms with Crippen LogP contribution in [0, 0.1) is 5.92 Å². The summed E-state index contributed by atoms with van der Waals surface area (Å²) < 4.78 is 5.33. The van der Waals surface area contributed by atoms with Crippen LogP contribution in [-0.4, -0.2) is 32.0 Å². The average Bonchev–Trinajstić information content (AvgIpc) is 3.09. The molecular weight excluding hydrogens is 352 g/mol. The van der Waals surface area contributed by atoms with Crippen LogP contribution in [0.1, 0.15) is 37.3 Å². The van der Waals surface area contributed by atoms with E-state index in [1.54, 1.807) is 12.0 Å². The molecule has 3 rings (SSSR count). The van der Waals surface area contributed by atoms with Crippen LogP contribution in [0.3, 0.4) is 0 Å². The van der Waals surface area contributed by atoms with Gasteiger partial charge in [-0.25, -0.2) is 0 Å². The normalized spacial score (nSPS) is 16.5. The number of amides is 2. The maximum Gasteiger partial charge on any atom is 0.239 e. The second-order valence-electron chi connectivity index (χ2n) is 7.43. The molecule has 1 aliphatic heterocycles. The average molecular weight is 380 g/mol. The summed E-state index contributed by atoms with van der Waals surface area (Å²) in [5.41, 5.74) is 3.13. The molecule has 0 bridgehead atoms. The number of para-hydroxylation sites is 1. The molecular formula is C23H28N2O3. The van der Waals surface area contributed by atoms with E-state index in [0.717, 1.165) is 17.0 Å². The quantitative estimate of drug-likeness (QED) is 0.748. The number of nitrogens with zero attached hydrogens (tertiary/aromatic N) is 1. The molecule has 0 radical (unpaired) electrons. The van der Waals surface area contributed by atoms with E-state index in [0.29, 0.717) is 31.8 Å². The lowest BCUT2D eigenvalue weighted by Crippen LogP contribution is -2.37. The minimum atomic E-state index is -0.609. The van der Waals surface area contributed by atoms with Gasteiger partial charge in [0.15, 0.2) is 0 Å². The monoisotopic (exact) mass is 380 g/mol. The van der Waals surface area contributed by atoms with E-state index >= 15 is 0 Å². The van der Waals surface area contributed by atoms with E-state index in [-0.39, 0.29) is 11.8 Å². The van der Waals surface area contributed by atoms with Crippen LogP contribution in [-0.2, 0) is 16.0 Å². The second kappa shape index (κ2) is 8.91. The van der Waals surface area contributed by atoms with Crippen molar-refractivity contribution in [1.82, 2.24) is 5.32 Å². The minimum Gasteiger partial charge on any atom is -0.496 e. The largest absolute Gasteiger partial charge is 0.496 e. The molecule has 0 spiro atoms. The van der Waals surface area contributed by atoms with Crippen LogP contribution >= 0.6 is 0 Å². The Morgan fingerprint density at radius 3 is 2.57 bits per heavy atom. The second-order valence-corrected chi connectivity index (χ2v) is 7.43. The van der Waals surface area contributed by atoms with Gasteiger partial charge in [-0.2, -0.15) is 0 Å². The number of benzene rings is 2. The summed E-state index contributed by atoms with van der Waals surface area (Å²) in [7, 11) is 1.64. The summed E-state index contributed by atoms with van der Waals surface area (Å²) in [4.78, 5) is 27.0. The number of ether oxygens (including phenoxy) is 1. The Bertz CT molecular complexity index is 830. The van der Waals surface area contributed by atoms with Crippen molar-refractivity contribution in [2.45, 2.75) is 32.6 Å². The molecule has 0 unspecified atom stereocenters. The predicted molar refractivity (Wildman–Crippen MR) is 111 cm³/mol. The van der Waals surface area contributed by atoms with Gasteiger partial charge in [-0.05, 0) is 48.1 Å². The lowest BCUT2D eigenvalue weighted by molar-refractivity contribution is -0.132. The Kier molecular flexibility index (Phi) is 6.34. The van der Waals surface area contributed by atoms with Gasteiger partial charge in [-0.15, -0.1) is 0 Å². The lowest BCUT2D eigenvalue weighted by Gasteiger charge is -2.18. The molecule has 0 aliphatic carbocycles. The van der Waals surface area contributed by atoms with E-state index in [1.807, 2.05) is 48.5 Å². The Balaban J connectivity index is 1.56. The van der Waals surface area contributed by atoms with E-state index in [2.05, 4.69) is 19.2 Å². The number of carbonyl (C=O) groups is 2. The van der Waals surface area contributed by atoms with Crippen LogP contribution < -0.4 is 15.0 Å². The van der Waals surface area contributed by atoms with Crippen molar-refractivity contribution in [3.63, 3.8) is 0 Å². The summed E-state index contributed by atoms with van der Waals surface area (Å²) in [5, 5.41) is 2.91. The first-order valence-electron chi connectivity index (χ1n) is 9.82. The van der Waals surface area contributed by atoms with Gasteiger partial charge in [0.2, 0.25) is 11.8 Å². The first kappa shape index (κ1) is 19.9. The van der Waals surface area contributed by atoms with Crippen LogP contribution in [0.15, 0.2) is 48.5 Å². The molecule has 0 saturated carbocycles. The maximum atomic E-state index is 12.7. The van der Waals surface area contributed by atoms with E-state index in [1.165, 1.54) is 5.56 Å². The molecule has 2 aromatic rings. The first-order chi connectivity index (χ1) is 13.5. The van der Waals surface area contributed by atoms with Crippen molar-refractivity contribution >= 4 is 17.5 Å². The number of anilines is 1. The number of nitrogens with one attached hydrogen (secondary N) is 1. The fourth-order valence-electron chi connectivity index (χ4n) is 3.57. The molecule has 148 valence electrons. The van der Waals surface area contributed by atoms with Crippen molar-refractivity contribution in [3.05, 3.63) is 59.7 Å². The standard InChI is InChI=1S/C23H28N2O3/c1-16(2)17-8-10-19(11-9-17)25-15-13-20(23(25)27)22(26)24-14-12-18-6-4-5-7-21(18)28-3/h4-11,16,20H,12-15H2,1-3H3,(H,24,26)/t20-/m0/s1. The molecule has 1 fully saturated rings. The fraction of sp³-hybridized carbons (Fsp3) is 0.391. The zero-order valence-electron chi connectivity index (χ0n) is 16.8. The topological polar surface area (TPSA) is 58.6 Å². The molecule has 5 nitrogen and oxygen atoms in total. The van der Waals surface area contributed by atoms with Crippen molar-refractivity contribution in [2.75, 3.05) is 25.1 Å². The van der Waals surface area contributed by atoms with Gasteiger partial charge in [0.25, 0.3) is 0 Å². The highest BCUT2D eigenvalue weighted by Gasteiger charge is 2.37. The summed E-state index contributed by atoms with van der Waals surface area (Å²) in [6, 6.07) is 15.8. The smallest absolute Gasteiger partial charge is 0.239 e. The molecule has 1 aliphatic rings. The molecule has 1 atom stereocenters. The number of rotatable bonds is 7. The van der Waals surface area contributed by atoms with Gasteiger partial charge in [-0.3, -0.25) is 9.59 Å². The van der Waals surface area contributed by atoms with Crippen molar-refractivity contribution < 1.29 is 14.3 Å². The van der Waals surface area contributed by atoms with Gasteiger partial charge in [-0.1, -0.05) is 44.2 Å². The summed E-state index contributed by atoms with van der Waals surface area (Å²) in [6.45, 7) is 5.33. The van der Waals surface area contributed by atoms with E-state index in [9.17, 15) is 9.59 Å². The van der Waals surface area contributed by atoms with E-state index < -0.39 is 5.92 Å². The Hall–Kier alpha value is -2.82. The Labute approximate surface area is 166 Å². The van der Waals surface area contributed by atoms with Gasteiger partial charge in [0.1, 0.15) is 11.7 Å². The molecule has 1 saturated heterocycles. The first-order valence-corrected chi connectivity index (χ1v) is 9.82. The van der Waals surface area contributed by atoms with Gasteiger partial charge in [0.05, 0.1) is 7.11 Å². The molecule has 2 aromatic carbocycles. The lowest BCUT2D eigenvalue weighted by atomic mass is 10.0. The zero-order chi connectivity index (χ0) is 20.1. The number of hydrogen-bond donors (Lipinski definition) is 1. The number of methoxy groups -OCH3 is 1. The van der Waals surface area contributed by atoms with Crippen LogP contribution in [0.25, 0.3) is 0 Å². The molecule has 1 heterocycles. The van der Waals surface area contributed by atoms with Gasteiger partial charge >= 0.3 is 0 Å². The van der Waals surface area contributed by atoms with Gasteiger partial charge < -0.3 is 15.0 Å². The third kappa shape index (κ3) is 4.35. The van der Waals surface area contributed by atoms with Gasteiger partial charge in [0, 0.05) is 18.8 Å². The summed E-state index contributed by atoms with van der Waals surface area (Å²) in [5.74, 6) is 0.338. The fourth-order valence-corrected chi connectivity index (χ4v) is 3.57. The maximum absolute atomic E-state index is 12.7. The zero-order valence-corrected chi connectivity index (χ0v) is 16.8. The van der Waals surface area contributed by atoms with Crippen LogP contribution in [0.5, 0.6) is 5.75 Å². The third-order valence-electron chi connectivity index (χ3n) is 5.28. The Morgan fingerprint density at radius 2 is 1.89 bits per heavy atom. The molecule has 1 N–H and O–H groups in total. The molecule has 5 heteroatoms. The summed E-state index contributed by atoms with van der Waals surface area (Å²) in [6.07, 6.45) is 1.21. The SMILES string of the molecule is COc1ccccc1CCNC(=O)[C@@H]1CCN(c2ccc(C(C)C)cc2)C1=O. The minimum absolute atomic E-state index is 0.118. The van der Waals surface area contributed by atoms with Crippen LogP contribution in [0.2, 0.25) is 0 Å². The van der Waals surface area contributed by atoms with Crippen molar-refractivity contribution in [2.24, 2.45) is 5.92 Å². The highest BCUT2D eigenvalue weighted by molar-refractivity contribution is 6.09.